The van der Waals surface area contributed by atoms with E-state index in [-0.39, 0.29) is 18.3 Å². The topological polar surface area (TPSA) is 32.3 Å². The third-order valence-electron chi connectivity index (χ3n) is 5.27. The highest BCUT2D eigenvalue weighted by Crippen LogP contribution is 2.29. The van der Waals surface area contributed by atoms with Gasteiger partial charge in [0.05, 0.1) is 6.54 Å². The van der Waals surface area contributed by atoms with Crippen molar-refractivity contribution >= 4 is 11.6 Å². The van der Waals surface area contributed by atoms with Crippen LogP contribution in [0.25, 0.3) is 0 Å². The minimum atomic E-state index is -0.216. The highest BCUT2D eigenvalue weighted by atomic mass is 19.1. The van der Waals surface area contributed by atoms with Gasteiger partial charge in [-0.25, -0.2) is 4.39 Å². The van der Waals surface area contributed by atoms with Gasteiger partial charge in [-0.2, -0.15) is 0 Å². The van der Waals surface area contributed by atoms with Crippen LogP contribution in [0.15, 0.2) is 78.9 Å². The van der Waals surface area contributed by atoms with E-state index < -0.39 is 0 Å². The summed E-state index contributed by atoms with van der Waals surface area (Å²) in [5, 5.41) is 3.07. The molecule has 0 aliphatic heterocycles. The molecular weight excluding hydrogens is 363 g/mol. The summed E-state index contributed by atoms with van der Waals surface area (Å²) in [5.74, 6) is -0.277. The third kappa shape index (κ3) is 5.30. The Kier molecular flexibility index (Phi) is 6.01. The number of amides is 1. The van der Waals surface area contributed by atoms with E-state index in [0.717, 1.165) is 30.5 Å². The monoisotopic (exact) mass is 388 g/mol. The van der Waals surface area contributed by atoms with Crippen molar-refractivity contribution in [3.05, 3.63) is 101 Å². The maximum absolute atomic E-state index is 14.1. The van der Waals surface area contributed by atoms with Crippen molar-refractivity contribution in [2.45, 2.75) is 31.8 Å². The second-order valence-corrected chi connectivity index (χ2v) is 7.60. The summed E-state index contributed by atoms with van der Waals surface area (Å²) in [7, 11) is 0. The zero-order valence-corrected chi connectivity index (χ0v) is 16.4. The molecule has 1 fully saturated rings. The molecule has 3 nitrogen and oxygen atoms in total. The van der Waals surface area contributed by atoms with Crippen LogP contribution in [-0.2, 0) is 17.8 Å². The van der Waals surface area contributed by atoms with Crippen LogP contribution in [0.4, 0.5) is 10.1 Å². The summed E-state index contributed by atoms with van der Waals surface area (Å²) < 4.78 is 14.1. The van der Waals surface area contributed by atoms with Gasteiger partial charge in [-0.1, -0.05) is 66.7 Å². The summed E-state index contributed by atoms with van der Waals surface area (Å²) in [6.45, 7) is 0.717. The van der Waals surface area contributed by atoms with Crippen LogP contribution in [0.2, 0.25) is 0 Å². The van der Waals surface area contributed by atoms with Gasteiger partial charge in [-0.05, 0) is 42.5 Å². The maximum Gasteiger partial charge on any atom is 0.238 e. The first kappa shape index (κ1) is 19.3. The molecule has 1 N–H and O–H groups in total. The Morgan fingerprint density at radius 2 is 1.55 bits per heavy atom. The molecule has 4 rings (SSSR count). The van der Waals surface area contributed by atoms with E-state index in [0.29, 0.717) is 18.2 Å². The lowest BCUT2D eigenvalue weighted by atomic mass is 10.0. The van der Waals surface area contributed by atoms with Gasteiger partial charge >= 0.3 is 0 Å². The molecule has 1 saturated carbocycles. The second-order valence-electron chi connectivity index (χ2n) is 7.60. The van der Waals surface area contributed by atoms with Crippen molar-refractivity contribution in [2.24, 2.45) is 0 Å². The summed E-state index contributed by atoms with van der Waals surface area (Å²) in [5.41, 5.74) is 3.76. The van der Waals surface area contributed by atoms with E-state index in [4.69, 9.17) is 0 Å². The quantitative estimate of drug-likeness (QED) is 0.588. The molecule has 3 aromatic rings. The lowest BCUT2D eigenvalue weighted by Gasteiger charge is -2.22. The van der Waals surface area contributed by atoms with E-state index in [1.807, 2.05) is 48.5 Å². The normalized spacial score (nSPS) is 13.4. The third-order valence-corrected chi connectivity index (χ3v) is 5.27. The number of carbonyl (C=O) groups excluding carboxylic acids is 1. The van der Waals surface area contributed by atoms with E-state index in [2.05, 4.69) is 22.3 Å². The standard InChI is InChI=1S/C25H25FN2O/c26-23-12-6-4-11-21(23)17-28(22-14-15-22)18-25(29)27-24-13-7-5-10-20(24)16-19-8-2-1-3-9-19/h1-13,22H,14-18H2,(H,27,29). The van der Waals surface area contributed by atoms with Gasteiger partial charge < -0.3 is 5.32 Å². The molecule has 0 bridgehead atoms. The Morgan fingerprint density at radius 3 is 2.28 bits per heavy atom. The summed E-state index contributed by atoms with van der Waals surface area (Å²) in [6.07, 6.45) is 2.89. The fourth-order valence-electron chi connectivity index (χ4n) is 3.59. The lowest BCUT2D eigenvalue weighted by Crippen LogP contribution is -2.35. The molecule has 1 aliphatic rings. The van der Waals surface area contributed by atoms with Crippen molar-refractivity contribution in [2.75, 3.05) is 11.9 Å². The van der Waals surface area contributed by atoms with Crippen LogP contribution in [0, 0.1) is 5.82 Å². The first-order valence-electron chi connectivity index (χ1n) is 10.1. The number of para-hydroxylation sites is 1. The number of hydrogen-bond acceptors (Lipinski definition) is 2. The molecule has 3 aromatic carbocycles. The predicted octanol–water partition coefficient (Wildman–Crippen LogP) is 5.02. The van der Waals surface area contributed by atoms with Gasteiger partial charge in [-0.15, -0.1) is 0 Å². The number of rotatable bonds is 8. The summed E-state index contributed by atoms with van der Waals surface area (Å²) in [4.78, 5) is 14.9. The zero-order chi connectivity index (χ0) is 20.1. The highest BCUT2D eigenvalue weighted by Gasteiger charge is 2.30. The van der Waals surface area contributed by atoms with Crippen molar-refractivity contribution in [1.29, 1.82) is 0 Å². The van der Waals surface area contributed by atoms with Crippen molar-refractivity contribution in [1.82, 2.24) is 4.90 Å². The molecule has 0 atom stereocenters. The number of carbonyl (C=O) groups is 1. The van der Waals surface area contributed by atoms with Gasteiger partial charge in [0.2, 0.25) is 5.91 Å². The van der Waals surface area contributed by atoms with Crippen LogP contribution in [0.1, 0.15) is 29.5 Å². The molecule has 0 radical (unpaired) electrons. The predicted molar refractivity (Wildman–Crippen MR) is 114 cm³/mol. The van der Waals surface area contributed by atoms with Gasteiger partial charge in [0.25, 0.3) is 0 Å². The van der Waals surface area contributed by atoms with Crippen LogP contribution in [0.3, 0.4) is 0 Å². The Labute approximate surface area is 171 Å². The zero-order valence-electron chi connectivity index (χ0n) is 16.4. The minimum Gasteiger partial charge on any atom is -0.325 e. The van der Waals surface area contributed by atoms with Gasteiger partial charge in [-0.3, -0.25) is 9.69 Å². The average Bonchev–Trinajstić information content (AvgIpc) is 3.57. The number of nitrogens with zero attached hydrogens (tertiary/aromatic N) is 1. The van der Waals surface area contributed by atoms with E-state index >= 15 is 0 Å². The Morgan fingerprint density at radius 1 is 0.897 bits per heavy atom. The first-order chi connectivity index (χ1) is 14.2. The smallest absolute Gasteiger partial charge is 0.238 e. The van der Waals surface area contributed by atoms with Gasteiger partial charge in [0.15, 0.2) is 0 Å². The Bertz CT molecular complexity index is 969. The van der Waals surface area contributed by atoms with Crippen LogP contribution >= 0.6 is 0 Å². The summed E-state index contributed by atoms with van der Waals surface area (Å²) >= 11 is 0. The maximum atomic E-state index is 14.1. The number of benzene rings is 3. The van der Waals surface area contributed by atoms with E-state index in [9.17, 15) is 9.18 Å². The molecule has 148 valence electrons. The molecule has 0 unspecified atom stereocenters. The van der Waals surface area contributed by atoms with Crippen LogP contribution in [0.5, 0.6) is 0 Å². The van der Waals surface area contributed by atoms with E-state index in [1.54, 1.807) is 12.1 Å². The van der Waals surface area contributed by atoms with Crippen molar-refractivity contribution < 1.29 is 9.18 Å². The molecule has 0 spiro atoms. The van der Waals surface area contributed by atoms with Crippen molar-refractivity contribution in [3.63, 3.8) is 0 Å². The van der Waals surface area contributed by atoms with E-state index in [1.165, 1.54) is 11.6 Å². The Hall–Kier alpha value is -2.98. The molecule has 1 amide bonds. The van der Waals surface area contributed by atoms with Crippen LogP contribution in [-0.4, -0.2) is 23.4 Å². The number of nitrogens with one attached hydrogen (secondary N) is 1. The SMILES string of the molecule is O=C(CN(Cc1ccccc1F)C1CC1)Nc1ccccc1Cc1ccccc1. The van der Waals surface area contributed by atoms with Crippen LogP contribution < -0.4 is 5.32 Å². The first-order valence-corrected chi connectivity index (χ1v) is 10.1. The molecule has 29 heavy (non-hydrogen) atoms. The molecule has 0 saturated heterocycles. The number of hydrogen-bond donors (Lipinski definition) is 1. The fraction of sp³-hybridized carbons (Fsp3) is 0.240. The molecule has 4 heteroatoms. The van der Waals surface area contributed by atoms with Gasteiger partial charge in [0.1, 0.15) is 5.82 Å². The molecule has 1 aliphatic carbocycles. The molecule has 0 aromatic heterocycles. The van der Waals surface area contributed by atoms with Gasteiger partial charge in [0, 0.05) is 23.8 Å². The highest BCUT2D eigenvalue weighted by molar-refractivity contribution is 5.93. The second kappa shape index (κ2) is 9.01. The number of halogens is 1. The average molecular weight is 388 g/mol. The Balaban J connectivity index is 1.43. The van der Waals surface area contributed by atoms with Crippen molar-refractivity contribution in [3.8, 4) is 0 Å². The summed E-state index contributed by atoms with van der Waals surface area (Å²) in [6, 6.07) is 25.3. The fourth-order valence-corrected chi connectivity index (χ4v) is 3.59. The minimum absolute atomic E-state index is 0.0613. The molecular formula is C25H25FN2O. The number of anilines is 1. The largest absolute Gasteiger partial charge is 0.325 e. The lowest BCUT2D eigenvalue weighted by molar-refractivity contribution is -0.117. The molecule has 0 heterocycles.